The molecule has 13 heavy (non-hydrogen) atoms. The van der Waals surface area contributed by atoms with E-state index in [0.717, 1.165) is 23.7 Å². The summed E-state index contributed by atoms with van der Waals surface area (Å²) in [7, 11) is 1.67. The van der Waals surface area contributed by atoms with Gasteiger partial charge in [0.25, 0.3) is 0 Å². The van der Waals surface area contributed by atoms with Crippen LogP contribution in [-0.4, -0.2) is 13.8 Å². The fourth-order valence-corrected chi connectivity index (χ4v) is 1.33. The van der Waals surface area contributed by atoms with Crippen molar-refractivity contribution in [2.24, 2.45) is 0 Å². The molecular formula is C10H12N2O. The monoisotopic (exact) mass is 176 g/mol. The van der Waals surface area contributed by atoms with Gasteiger partial charge in [0.05, 0.1) is 19.5 Å². The van der Waals surface area contributed by atoms with Gasteiger partial charge in [-0.15, -0.1) is 0 Å². The average molecular weight is 176 g/mol. The topological polar surface area (TPSA) is 33.3 Å². The molecule has 3 heteroatoms. The molecule has 0 bridgehead atoms. The van der Waals surface area contributed by atoms with E-state index < -0.39 is 0 Å². The Bertz CT molecular complexity index is 333. The molecular weight excluding hydrogens is 164 g/mol. The lowest BCUT2D eigenvalue weighted by atomic mass is 10.1. The molecule has 0 saturated carbocycles. The number of nitrogens with one attached hydrogen (secondary N) is 2. The largest absolute Gasteiger partial charge is 0.497 e. The lowest BCUT2D eigenvalue weighted by molar-refractivity contribution is 0.414. The molecule has 0 saturated heterocycles. The third-order valence-electron chi connectivity index (χ3n) is 2.01. The molecule has 3 nitrogen and oxygen atoms in total. The summed E-state index contributed by atoms with van der Waals surface area (Å²) >= 11 is 0. The summed E-state index contributed by atoms with van der Waals surface area (Å²) in [4.78, 5) is 0. The first kappa shape index (κ1) is 7.98. The molecule has 0 fully saturated rings. The zero-order valence-electron chi connectivity index (χ0n) is 7.50. The highest BCUT2D eigenvalue weighted by molar-refractivity contribution is 5.66. The Kier molecular flexibility index (Phi) is 2.08. The molecule has 1 aromatic carbocycles. The van der Waals surface area contributed by atoms with Crippen molar-refractivity contribution in [3.63, 3.8) is 0 Å². The van der Waals surface area contributed by atoms with E-state index >= 15 is 0 Å². The van der Waals surface area contributed by atoms with Crippen molar-refractivity contribution in [1.82, 2.24) is 10.6 Å². The van der Waals surface area contributed by atoms with Crippen LogP contribution in [0.1, 0.15) is 5.56 Å². The van der Waals surface area contributed by atoms with Crippen LogP contribution in [0.25, 0.3) is 5.70 Å². The van der Waals surface area contributed by atoms with Gasteiger partial charge in [-0.2, -0.15) is 0 Å². The Balaban J connectivity index is 2.29. The molecule has 0 aliphatic carbocycles. The van der Waals surface area contributed by atoms with Crippen LogP contribution in [-0.2, 0) is 0 Å². The van der Waals surface area contributed by atoms with Crippen molar-refractivity contribution in [2.75, 3.05) is 13.8 Å². The molecule has 1 aromatic rings. The maximum Gasteiger partial charge on any atom is 0.119 e. The smallest absolute Gasteiger partial charge is 0.119 e. The summed E-state index contributed by atoms with van der Waals surface area (Å²) in [5.41, 5.74) is 2.25. The molecule has 0 atom stereocenters. The Morgan fingerprint density at radius 3 is 3.00 bits per heavy atom. The van der Waals surface area contributed by atoms with Crippen molar-refractivity contribution >= 4 is 5.70 Å². The van der Waals surface area contributed by atoms with Gasteiger partial charge in [-0.05, 0) is 12.1 Å². The number of benzene rings is 1. The fraction of sp³-hybridized carbons (Fsp3) is 0.200. The minimum atomic E-state index is 0.798. The minimum Gasteiger partial charge on any atom is -0.497 e. The van der Waals surface area contributed by atoms with Gasteiger partial charge >= 0.3 is 0 Å². The predicted molar refractivity (Wildman–Crippen MR) is 52.1 cm³/mol. The van der Waals surface area contributed by atoms with Crippen LogP contribution in [0.2, 0.25) is 0 Å². The van der Waals surface area contributed by atoms with E-state index in [0.29, 0.717) is 0 Å². The Labute approximate surface area is 77.4 Å². The van der Waals surface area contributed by atoms with Crippen LogP contribution in [0.3, 0.4) is 0 Å². The fourth-order valence-electron chi connectivity index (χ4n) is 1.33. The summed E-state index contributed by atoms with van der Waals surface area (Å²) < 4.78 is 5.14. The summed E-state index contributed by atoms with van der Waals surface area (Å²) in [6, 6.07) is 7.97. The first-order valence-electron chi connectivity index (χ1n) is 4.22. The lowest BCUT2D eigenvalue weighted by Gasteiger charge is -2.05. The van der Waals surface area contributed by atoms with E-state index in [1.165, 1.54) is 0 Å². The molecule has 1 heterocycles. The highest BCUT2D eigenvalue weighted by atomic mass is 16.5. The first-order valence-corrected chi connectivity index (χ1v) is 4.22. The standard InChI is InChI=1S/C10H12N2O/c1-13-9-4-2-3-8(5-9)10-6-11-7-12-10/h2-6,11-12H,7H2,1H3. The van der Waals surface area contributed by atoms with E-state index in [4.69, 9.17) is 4.74 Å². The second-order valence-corrected chi connectivity index (χ2v) is 2.85. The lowest BCUT2D eigenvalue weighted by Crippen LogP contribution is -2.13. The molecule has 0 aromatic heterocycles. The predicted octanol–water partition coefficient (Wildman–Crippen LogP) is 1.14. The van der Waals surface area contributed by atoms with Crippen molar-refractivity contribution < 1.29 is 4.74 Å². The van der Waals surface area contributed by atoms with E-state index in [-0.39, 0.29) is 0 Å². The number of rotatable bonds is 2. The summed E-state index contributed by atoms with van der Waals surface area (Å²) in [6.45, 7) is 0.798. The molecule has 0 radical (unpaired) electrons. The Morgan fingerprint density at radius 2 is 2.31 bits per heavy atom. The van der Waals surface area contributed by atoms with Crippen LogP contribution in [0.4, 0.5) is 0 Å². The number of ether oxygens (including phenoxy) is 1. The highest BCUT2D eigenvalue weighted by Gasteiger charge is 2.05. The number of hydrogen-bond donors (Lipinski definition) is 2. The van der Waals surface area contributed by atoms with E-state index in [1.807, 2.05) is 30.5 Å². The van der Waals surface area contributed by atoms with Gasteiger partial charge < -0.3 is 15.4 Å². The molecule has 0 spiro atoms. The molecule has 1 aliphatic rings. The second kappa shape index (κ2) is 3.39. The first-order chi connectivity index (χ1) is 6.40. The van der Waals surface area contributed by atoms with Crippen molar-refractivity contribution in [3.8, 4) is 5.75 Å². The molecule has 2 rings (SSSR count). The van der Waals surface area contributed by atoms with Crippen LogP contribution in [0, 0.1) is 0 Å². The van der Waals surface area contributed by atoms with E-state index in [2.05, 4.69) is 10.6 Å². The third-order valence-corrected chi connectivity index (χ3v) is 2.01. The van der Waals surface area contributed by atoms with E-state index in [9.17, 15) is 0 Å². The van der Waals surface area contributed by atoms with Crippen LogP contribution >= 0.6 is 0 Å². The molecule has 68 valence electrons. The van der Waals surface area contributed by atoms with Gasteiger partial charge in [0.1, 0.15) is 5.75 Å². The zero-order valence-corrected chi connectivity index (χ0v) is 7.50. The Morgan fingerprint density at radius 1 is 1.38 bits per heavy atom. The number of hydrogen-bond acceptors (Lipinski definition) is 3. The highest BCUT2D eigenvalue weighted by Crippen LogP contribution is 2.18. The molecule has 0 unspecified atom stereocenters. The summed E-state index contributed by atoms with van der Waals surface area (Å²) in [5.74, 6) is 0.882. The average Bonchev–Trinajstić information content (AvgIpc) is 2.71. The molecule has 2 N–H and O–H groups in total. The van der Waals surface area contributed by atoms with Gasteiger partial charge in [-0.25, -0.2) is 0 Å². The quantitative estimate of drug-likeness (QED) is 0.709. The van der Waals surface area contributed by atoms with Crippen molar-refractivity contribution in [3.05, 3.63) is 36.0 Å². The third kappa shape index (κ3) is 1.59. The van der Waals surface area contributed by atoms with Gasteiger partial charge in [-0.3, -0.25) is 0 Å². The maximum atomic E-state index is 5.14. The van der Waals surface area contributed by atoms with Gasteiger partial charge in [0, 0.05) is 11.8 Å². The van der Waals surface area contributed by atoms with Gasteiger partial charge in [-0.1, -0.05) is 12.1 Å². The number of methoxy groups -OCH3 is 1. The van der Waals surface area contributed by atoms with Gasteiger partial charge in [0.15, 0.2) is 0 Å². The SMILES string of the molecule is COc1cccc(C2=CNCN2)c1. The van der Waals surface area contributed by atoms with Crippen LogP contribution < -0.4 is 15.4 Å². The van der Waals surface area contributed by atoms with Crippen LogP contribution in [0.15, 0.2) is 30.5 Å². The van der Waals surface area contributed by atoms with E-state index in [1.54, 1.807) is 7.11 Å². The zero-order chi connectivity index (χ0) is 9.10. The van der Waals surface area contributed by atoms with Crippen LogP contribution in [0.5, 0.6) is 5.75 Å². The minimum absolute atomic E-state index is 0.798. The van der Waals surface area contributed by atoms with Crippen molar-refractivity contribution in [2.45, 2.75) is 0 Å². The van der Waals surface area contributed by atoms with Gasteiger partial charge in [0.2, 0.25) is 0 Å². The molecule has 1 aliphatic heterocycles. The Hall–Kier alpha value is -1.64. The summed E-state index contributed by atoms with van der Waals surface area (Å²) in [5, 5.41) is 6.31. The normalized spacial score (nSPS) is 14.4. The summed E-state index contributed by atoms with van der Waals surface area (Å²) in [6.07, 6.45) is 1.97. The molecule has 0 amide bonds. The second-order valence-electron chi connectivity index (χ2n) is 2.85. The van der Waals surface area contributed by atoms with Crippen molar-refractivity contribution in [1.29, 1.82) is 0 Å². The maximum absolute atomic E-state index is 5.14.